The second-order valence-electron chi connectivity index (χ2n) is 13.7. The van der Waals surface area contributed by atoms with Gasteiger partial charge in [-0.25, -0.2) is 0 Å². The highest BCUT2D eigenvalue weighted by atomic mass is 16.3. The van der Waals surface area contributed by atoms with Gasteiger partial charge in [0.1, 0.15) is 11.2 Å². The highest BCUT2D eigenvalue weighted by Crippen LogP contribution is 2.49. The van der Waals surface area contributed by atoms with Crippen molar-refractivity contribution in [1.82, 2.24) is 0 Å². The fraction of sp³-hybridized carbons (Fsp3) is 0. The number of rotatable bonds is 7. The summed E-state index contributed by atoms with van der Waals surface area (Å²) in [6.45, 7) is 0. The van der Waals surface area contributed by atoms with E-state index < -0.39 is 0 Å². The van der Waals surface area contributed by atoms with Crippen molar-refractivity contribution in [3.05, 3.63) is 212 Å². The lowest BCUT2D eigenvalue weighted by molar-refractivity contribution is 0.669. The van der Waals surface area contributed by atoms with Crippen LogP contribution in [0.5, 0.6) is 0 Å². The van der Waals surface area contributed by atoms with Crippen molar-refractivity contribution in [1.29, 1.82) is 0 Å². The zero-order valence-electron chi connectivity index (χ0n) is 29.6. The molecule has 0 fully saturated rings. The van der Waals surface area contributed by atoms with E-state index in [1.165, 1.54) is 21.9 Å². The lowest BCUT2D eigenvalue weighted by Gasteiger charge is -2.31. The summed E-state index contributed by atoms with van der Waals surface area (Å²) >= 11 is 0. The van der Waals surface area contributed by atoms with E-state index in [1.54, 1.807) is 0 Å². The molecule has 0 radical (unpaired) electrons. The van der Waals surface area contributed by atoms with Crippen molar-refractivity contribution in [3.63, 3.8) is 0 Å². The predicted octanol–water partition coefficient (Wildman–Crippen LogP) is 14.9. The van der Waals surface area contributed by atoms with Crippen molar-refractivity contribution < 1.29 is 4.42 Å². The van der Waals surface area contributed by atoms with Gasteiger partial charge in [0.2, 0.25) is 0 Å². The van der Waals surface area contributed by atoms with Gasteiger partial charge >= 0.3 is 0 Å². The first kappa shape index (κ1) is 31.6. The number of fused-ring (bicyclic) bond motifs is 4. The van der Waals surface area contributed by atoms with Gasteiger partial charge in [0, 0.05) is 27.6 Å². The molecule has 9 aromatic carbocycles. The maximum Gasteiger partial charge on any atom is 0.135 e. The number of anilines is 3. The van der Waals surface area contributed by atoms with E-state index in [0.29, 0.717) is 0 Å². The summed E-state index contributed by atoms with van der Waals surface area (Å²) in [5, 5.41) is 4.68. The van der Waals surface area contributed by atoms with Gasteiger partial charge in [-0.2, -0.15) is 0 Å². The van der Waals surface area contributed by atoms with Crippen LogP contribution in [0.3, 0.4) is 0 Å². The Kier molecular flexibility index (Phi) is 7.85. The molecule has 0 saturated heterocycles. The molecule has 10 aromatic rings. The molecule has 0 atom stereocenters. The zero-order chi connectivity index (χ0) is 35.8. The van der Waals surface area contributed by atoms with Crippen LogP contribution in [0.15, 0.2) is 217 Å². The van der Waals surface area contributed by atoms with Gasteiger partial charge in [0.25, 0.3) is 0 Å². The Hall–Kier alpha value is -7.16. The molecule has 1 heterocycles. The van der Waals surface area contributed by atoms with E-state index in [2.05, 4.69) is 205 Å². The lowest BCUT2D eigenvalue weighted by Crippen LogP contribution is -2.13. The molecule has 254 valence electrons. The SMILES string of the molecule is c1ccc(-c2cccc(N(c3ccccc3-c3cccc4ccccc34)c3cccc(-c4ccc5oc6ccccc6c5c4)c3-c3ccccc3)c2)cc1. The van der Waals surface area contributed by atoms with Crippen molar-refractivity contribution in [2.75, 3.05) is 4.90 Å². The van der Waals surface area contributed by atoms with Crippen LogP contribution in [-0.2, 0) is 0 Å². The topological polar surface area (TPSA) is 16.4 Å². The molecule has 0 saturated carbocycles. The lowest BCUT2D eigenvalue weighted by atomic mass is 9.90. The summed E-state index contributed by atoms with van der Waals surface area (Å²) in [5.41, 5.74) is 14.3. The molecular formula is C52H35NO. The molecule has 1 aromatic heterocycles. The van der Waals surface area contributed by atoms with Crippen molar-refractivity contribution in [2.45, 2.75) is 0 Å². The summed E-state index contributed by atoms with van der Waals surface area (Å²) in [6, 6.07) is 76.1. The molecule has 0 amide bonds. The van der Waals surface area contributed by atoms with Crippen molar-refractivity contribution in [2.24, 2.45) is 0 Å². The molecule has 0 aliphatic carbocycles. The first-order valence-corrected chi connectivity index (χ1v) is 18.4. The fourth-order valence-corrected chi connectivity index (χ4v) is 7.99. The first-order valence-electron chi connectivity index (χ1n) is 18.4. The van der Waals surface area contributed by atoms with Gasteiger partial charge in [0.05, 0.1) is 11.4 Å². The molecular weight excluding hydrogens is 655 g/mol. The maximum atomic E-state index is 6.26. The first-order chi connectivity index (χ1) is 26.8. The highest BCUT2D eigenvalue weighted by Gasteiger charge is 2.24. The minimum atomic E-state index is 0.890. The smallest absolute Gasteiger partial charge is 0.135 e. The molecule has 10 rings (SSSR count). The van der Waals surface area contributed by atoms with Gasteiger partial charge in [0.15, 0.2) is 0 Å². The second kappa shape index (κ2) is 13.4. The number of hydrogen-bond donors (Lipinski definition) is 0. The van der Waals surface area contributed by atoms with Crippen LogP contribution in [0.4, 0.5) is 17.1 Å². The largest absolute Gasteiger partial charge is 0.456 e. The summed E-state index contributed by atoms with van der Waals surface area (Å²) in [5.74, 6) is 0. The van der Waals surface area contributed by atoms with Gasteiger partial charge in [-0.05, 0) is 86.6 Å². The highest BCUT2D eigenvalue weighted by molar-refractivity contribution is 6.08. The van der Waals surface area contributed by atoms with E-state index in [9.17, 15) is 0 Å². The summed E-state index contributed by atoms with van der Waals surface area (Å²) < 4.78 is 6.26. The maximum absolute atomic E-state index is 6.26. The van der Waals surface area contributed by atoms with Crippen LogP contribution in [0, 0.1) is 0 Å². The fourth-order valence-electron chi connectivity index (χ4n) is 7.99. The molecule has 0 spiro atoms. The Morgan fingerprint density at radius 2 is 0.907 bits per heavy atom. The van der Waals surface area contributed by atoms with Crippen LogP contribution >= 0.6 is 0 Å². The number of hydrogen-bond acceptors (Lipinski definition) is 2. The van der Waals surface area contributed by atoms with Crippen LogP contribution < -0.4 is 4.90 Å². The van der Waals surface area contributed by atoms with E-state index >= 15 is 0 Å². The Morgan fingerprint density at radius 1 is 0.315 bits per heavy atom. The Bertz CT molecular complexity index is 2940. The molecule has 0 bridgehead atoms. The van der Waals surface area contributed by atoms with Crippen LogP contribution in [0.1, 0.15) is 0 Å². The third-order valence-electron chi connectivity index (χ3n) is 10.5. The van der Waals surface area contributed by atoms with Crippen molar-refractivity contribution in [3.8, 4) is 44.5 Å². The van der Waals surface area contributed by atoms with E-state index in [1.807, 2.05) is 12.1 Å². The van der Waals surface area contributed by atoms with Crippen LogP contribution in [-0.4, -0.2) is 0 Å². The second-order valence-corrected chi connectivity index (χ2v) is 13.7. The molecule has 0 unspecified atom stereocenters. The third-order valence-corrected chi connectivity index (χ3v) is 10.5. The Balaban J connectivity index is 1.27. The third kappa shape index (κ3) is 5.53. The standard InChI is InChI=1S/C52H35NO/c1-3-16-36(17-4-1)39-22-13-23-41(34-39)53(48-29-11-9-25-45(48)44-28-14-21-37-18-7-8-24-42(37)44)49-30-15-27-43(52(49)38-19-5-2-6-20-38)40-32-33-51-47(35-40)46-26-10-12-31-50(46)54-51/h1-35H. The van der Waals surface area contributed by atoms with E-state index in [0.717, 1.165) is 72.4 Å². The average Bonchev–Trinajstić information content (AvgIpc) is 3.62. The Labute approximate surface area is 314 Å². The minimum Gasteiger partial charge on any atom is -0.456 e. The number of para-hydroxylation sites is 2. The summed E-state index contributed by atoms with van der Waals surface area (Å²) in [6.07, 6.45) is 0. The number of furan rings is 1. The molecule has 0 N–H and O–H groups in total. The van der Waals surface area contributed by atoms with E-state index in [-0.39, 0.29) is 0 Å². The number of benzene rings is 9. The normalized spacial score (nSPS) is 11.3. The van der Waals surface area contributed by atoms with Gasteiger partial charge in [-0.3, -0.25) is 0 Å². The molecule has 0 aliphatic heterocycles. The predicted molar refractivity (Wildman–Crippen MR) is 228 cm³/mol. The summed E-state index contributed by atoms with van der Waals surface area (Å²) in [4.78, 5) is 2.46. The number of nitrogens with zero attached hydrogens (tertiary/aromatic N) is 1. The van der Waals surface area contributed by atoms with Crippen molar-refractivity contribution >= 4 is 49.8 Å². The molecule has 0 aliphatic rings. The van der Waals surface area contributed by atoms with Crippen LogP contribution in [0.2, 0.25) is 0 Å². The molecule has 2 heteroatoms. The summed E-state index contributed by atoms with van der Waals surface area (Å²) in [7, 11) is 0. The zero-order valence-corrected chi connectivity index (χ0v) is 29.6. The van der Waals surface area contributed by atoms with Gasteiger partial charge < -0.3 is 9.32 Å². The van der Waals surface area contributed by atoms with E-state index in [4.69, 9.17) is 4.42 Å². The molecule has 2 nitrogen and oxygen atoms in total. The Morgan fingerprint density at radius 3 is 1.78 bits per heavy atom. The average molecular weight is 690 g/mol. The minimum absolute atomic E-state index is 0.890. The van der Waals surface area contributed by atoms with Crippen LogP contribution in [0.25, 0.3) is 77.2 Å². The van der Waals surface area contributed by atoms with Gasteiger partial charge in [-0.1, -0.05) is 170 Å². The van der Waals surface area contributed by atoms with Gasteiger partial charge in [-0.15, -0.1) is 0 Å². The quantitative estimate of drug-likeness (QED) is 0.166. The monoisotopic (exact) mass is 689 g/mol. The molecule has 54 heavy (non-hydrogen) atoms.